The SMILES string of the molecule is CC(P)(C#N)C#N. The highest BCUT2D eigenvalue weighted by Gasteiger charge is 2.13. The molecule has 0 radical (unpaired) electrons. The van der Waals surface area contributed by atoms with Gasteiger partial charge in [0.05, 0.1) is 12.1 Å². The quantitative estimate of drug-likeness (QED) is 0.432. The topological polar surface area (TPSA) is 47.6 Å². The molecule has 0 aliphatic rings. The molecule has 1 unspecified atom stereocenters. The number of rotatable bonds is 0. The third kappa shape index (κ3) is 2.15. The number of nitriles is 2. The second-order valence-corrected chi connectivity index (χ2v) is 2.58. The summed E-state index contributed by atoms with van der Waals surface area (Å²) in [6.07, 6.45) is 0. The van der Waals surface area contributed by atoms with Gasteiger partial charge in [-0.3, -0.25) is 0 Å². The molecule has 2 nitrogen and oxygen atoms in total. The number of hydrogen-bond donors (Lipinski definition) is 0. The van der Waals surface area contributed by atoms with E-state index in [2.05, 4.69) is 9.24 Å². The molecule has 0 fully saturated rings. The summed E-state index contributed by atoms with van der Waals surface area (Å²) in [5.74, 6) is 0. The van der Waals surface area contributed by atoms with E-state index < -0.39 is 5.16 Å². The molecule has 0 amide bonds. The third-order valence-corrected chi connectivity index (χ3v) is 0.723. The molecule has 0 aliphatic carbocycles. The van der Waals surface area contributed by atoms with Crippen LogP contribution in [-0.4, -0.2) is 5.16 Å². The largest absolute Gasteiger partial charge is 0.196 e. The van der Waals surface area contributed by atoms with Crippen molar-refractivity contribution in [2.75, 3.05) is 0 Å². The van der Waals surface area contributed by atoms with Gasteiger partial charge in [0.1, 0.15) is 0 Å². The molecular formula is C4H5N2P. The van der Waals surface area contributed by atoms with Crippen molar-refractivity contribution in [3.63, 3.8) is 0 Å². The van der Waals surface area contributed by atoms with Crippen molar-refractivity contribution in [3.05, 3.63) is 0 Å². The van der Waals surface area contributed by atoms with E-state index in [1.165, 1.54) is 6.92 Å². The molecule has 0 bridgehead atoms. The summed E-state index contributed by atoms with van der Waals surface area (Å²) in [5, 5.41) is 15.3. The Morgan fingerprint density at radius 1 is 1.43 bits per heavy atom. The van der Waals surface area contributed by atoms with E-state index >= 15 is 0 Å². The second kappa shape index (κ2) is 1.92. The Kier molecular flexibility index (Phi) is 1.75. The third-order valence-electron chi connectivity index (χ3n) is 0.465. The monoisotopic (exact) mass is 112 g/mol. The molecule has 0 N–H and O–H groups in total. The average molecular weight is 112 g/mol. The van der Waals surface area contributed by atoms with E-state index in [-0.39, 0.29) is 0 Å². The summed E-state index contributed by atoms with van der Waals surface area (Å²) in [4.78, 5) is 0. The Hall–Kier alpha value is -0.590. The predicted octanol–water partition coefficient (Wildman–Crippen LogP) is 0.667. The van der Waals surface area contributed by atoms with Crippen LogP contribution in [0.4, 0.5) is 0 Å². The van der Waals surface area contributed by atoms with E-state index in [1.807, 2.05) is 0 Å². The lowest BCUT2D eigenvalue weighted by Crippen LogP contribution is -2.06. The van der Waals surface area contributed by atoms with Crippen LogP contribution in [0.1, 0.15) is 6.92 Å². The molecule has 0 aromatic carbocycles. The van der Waals surface area contributed by atoms with Gasteiger partial charge in [0.25, 0.3) is 0 Å². The van der Waals surface area contributed by atoms with Crippen LogP contribution in [0.15, 0.2) is 0 Å². The zero-order valence-electron chi connectivity index (χ0n) is 3.97. The lowest BCUT2D eigenvalue weighted by atomic mass is 10.2. The number of hydrogen-bond acceptors (Lipinski definition) is 2. The maximum absolute atomic E-state index is 8.10. The lowest BCUT2D eigenvalue weighted by molar-refractivity contribution is 1.04. The average Bonchev–Trinajstić information content (AvgIpc) is 1.68. The van der Waals surface area contributed by atoms with Crippen molar-refractivity contribution >= 4 is 9.24 Å². The van der Waals surface area contributed by atoms with Crippen LogP contribution in [0.25, 0.3) is 0 Å². The summed E-state index contributed by atoms with van der Waals surface area (Å²) < 4.78 is 0. The zero-order chi connectivity index (χ0) is 5.91. The van der Waals surface area contributed by atoms with E-state index in [4.69, 9.17) is 10.5 Å². The van der Waals surface area contributed by atoms with Crippen LogP contribution >= 0.6 is 9.24 Å². The molecule has 0 saturated carbocycles. The molecule has 0 aromatic heterocycles. The minimum Gasteiger partial charge on any atom is -0.196 e. The van der Waals surface area contributed by atoms with Crippen LogP contribution in [0.3, 0.4) is 0 Å². The fourth-order valence-corrected chi connectivity index (χ4v) is 0.0250. The molecule has 1 atom stereocenters. The first-order chi connectivity index (χ1) is 3.12. The molecule has 0 heterocycles. The van der Waals surface area contributed by atoms with Crippen molar-refractivity contribution in [2.45, 2.75) is 12.1 Å². The standard InChI is InChI=1S/C4H5N2P/c1-4(7,2-5)3-6/h7H2,1H3. The fourth-order valence-electron chi connectivity index (χ4n) is 0.0250. The Morgan fingerprint density at radius 3 is 1.71 bits per heavy atom. The van der Waals surface area contributed by atoms with Crippen molar-refractivity contribution in [2.24, 2.45) is 0 Å². The van der Waals surface area contributed by atoms with Gasteiger partial charge in [-0.05, 0) is 6.92 Å². The first-order valence-corrected chi connectivity index (χ1v) is 2.31. The van der Waals surface area contributed by atoms with Crippen LogP contribution < -0.4 is 0 Å². The van der Waals surface area contributed by atoms with Crippen molar-refractivity contribution in [1.82, 2.24) is 0 Å². The van der Waals surface area contributed by atoms with Gasteiger partial charge in [-0.2, -0.15) is 10.5 Å². The molecule has 0 aromatic rings. The summed E-state index contributed by atoms with van der Waals surface area (Å²) >= 11 is 0. The van der Waals surface area contributed by atoms with Gasteiger partial charge in [-0.1, -0.05) is 0 Å². The van der Waals surface area contributed by atoms with Crippen LogP contribution in [0, 0.1) is 22.7 Å². The summed E-state index contributed by atoms with van der Waals surface area (Å²) in [7, 11) is 2.15. The van der Waals surface area contributed by atoms with Crippen molar-refractivity contribution in [3.8, 4) is 12.1 Å². The molecule has 0 spiro atoms. The minimum atomic E-state index is -0.889. The van der Waals surface area contributed by atoms with Crippen LogP contribution in [0.2, 0.25) is 0 Å². The van der Waals surface area contributed by atoms with Gasteiger partial charge in [-0.25, -0.2) is 0 Å². The summed E-state index contributed by atoms with van der Waals surface area (Å²) in [6, 6.07) is 3.59. The molecule has 7 heavy (non-hydrogen) atoms. The van der Waals surface area contributed by atoms with Gasteiger partial charge in [0.2, 0.25) is 0 Å². The molecule has 0 aliphatic heterocycles. The maximum Gasteiger partial charge on any atom is 0.153 e. The van der Waals surface area contributed by atoms with Gasteiger partial charge >= 0.3 is 0 Å². The Labute approximate surface area is 44.9 Å². The van der Waals surface area contributed by atoms with Crippen molar-refractivity contribution in [1.29, 1.82) is 10.5 Å². The van der Waals surface area contributed by atoms with E-state index in [9.17, 15) is 0 Å². The van der Waals surface area contributed by atoms with E-state index in [1.54, 1.807) is 12.1 Å². The minimum absolute atomic E-state index is 0.889. The first kappa shape index (κ1) is 6.41. The number of nitrogens with zero attached hydrogens (tertiary/aromatic N) is 2. The van der Waals surface area contributed by atoms with E-state index in [0.717, 1.165) is 0 Å². The predicted molar refractivity (Wildman–Crippen MR) is 29.3 cm³/mol. The fraction of sp³-hybridized carbons (Fsp3) is 0.500. The van der Waals surface area contributed by atoms with Crippen LogP contribution in [-0.2, 0) is 0 Å². The van der Waals surface area contributed by atoms with E-state index in [0.29, 0.717) is 0 Å². The highest BCUT2D eigenvalue weighted by Crippen LogP contribution is 2.12. The highest BCUT2D eigenvalue weighted by molar-refractivity contribution is 7.20. The first-order valence-electron chi connectivity index (χ1n) is 1.74. The molecular weight excluding hydrogens is 107 g/mol. The molecule has 36 valence electrons. The molecule has 0 rings (SSSR count). The normalized spacial score (nSPS) is 9.14. The zero-order valence-corrected chi connectivity index (χ0v) is 5.13. The van der Waals surface area contributed by atoms with Crippen LogP contribution in [0.5, 0.6) is 0 Å². The van der Waals surface area contributed by atoms with Crippen molar-refractivity contribution < 1.29 is 0 Å². The second-order valence-electron chi connectivity index (χ2n) is 1.43. The van der Waals surface area contributed by atoms with Gasteiger partial charge in [-0.15, -0.1) is 9.24 Å². The summed E-state index contributed by atoms with van der Waals surface area (Å²) in [6.45, 7) is 1.54. The molecule has 0 saturated heterocycles. The van der Waals surface area contributed by atoms with Gasteiger partial charge in [0, 0.05) is 0 Å². The van der Waals surface area contributed by atoms with Gasteiger partial charge in [0.15, 0.2) is 5.16 Å². The summed E-state index contributed by atoms with van der Waals surface area (Å²) in [5.41, 5.74) is 0. The van der Waals surface area contributed by atoms with Gasteiger partial charge < -0.3 is 0 Å². The smallest absolute Gasteiger partial charge is 0.153 e. The Morgan fingerprint density at radius 2 is 1.71 bits per heavy atom. The Balaban J connectivity index is 4.00. The Bertz CT molecular complexity index is 121. The molecule has 3 heteroatoms. The maximum atomic E-state index is 8.10. The highest BCUT2D eigenvalue weighted by atomic mass is 31.0. The lowest BCUT2D eigenvalue weighted by Gasteiger charge is -1.97.